The quantitative estimate of drug-likeness (QED) is 0.682. The van der Waals surface area contributed by atoms with Crippen molar-refractivity contribution in [2.24, 2.45) is 5.92 Å². The van der Waals surface area contributed by atoms with Gasteiger partial charge in [0.25, 0.3) is 5.91 Å². The number of hydrogen-bond acceptors (Lipinski definition) is 5. The van der Waals surface area contributed by atoms with Crippen LogP contribution in [0.3, 0.4) is 0 Å². The molecule has 1 aliphatic rings. The number of imidazole rings is 1. The highest BCUT2D eigenvalue weighted by atomic mass is 35.5. The Morgan fingerprint density at radius 3 is 2.75 bits per heavy atom. The molecule has 1 aromatic heterocycles. The fraction of sp³-hybridized carbons (Fsp3) is 0.412. The molecule has 1 aliphatic heterocycles. The first-order valence-corrected chi connectivity index (χ1v) is 10.7. The van der Waals surface area contributed by atoms with Crippen molar-refractivity contribution in [3.8, 4) is 5.69 Å². The molecule has 28 heavy (non-hydrogen) atoms. The van der Waals surface area contributed by atoms with Gasteiger partial charge in [-0.1, -0.05) is 11.6 Å². The Morgan fingerprint density at radius 1 is 1.39 bits per heavy atom. The minimum absolute atomic E-state index is 0.0536. The molecule has 1 saturated heterocycles. The van der Waals surface area contributed by atoms with Crippen molar-refractivity contribution in [2.45, 2.75) is 19.8 Å². The molecule has 3 rings (SSSR count). The third kappa shape index (κ3) is 5.07. The van der Waals surface area contributed by atoms with Crippen LogP contribution in [0.5, 0.6) is 0 Å². The van der Waals surface area contributed by atoms with E-state index in [2.05, 4.69) is 4.98 Å². The number of halogens is 2. The molecule has 0 aliphatic carbocycles. The van der Waals surface area contributed by atoms with Gasteiger partial charge in [0.2, 0.25) is 10.0 Å². The number of benzene rings is 1. The smallest absolute Gasteiger partial charge is 0.269 e. The molecule has 1 amide bonds. The second-order valence-corrected chi connectivity index (χ2v) is 8.78. The van der Waals surface area contributed by atoms with Gasteiger partial charge in [-0.25, -0.2) is 17.8 Å². The lowest BCUT2D eigenvalue weighted by Crippen LogP contribution is -2.44. The van der Waals surface area contributed by atoms with Crippen molar-refractivity contribution in [3.05, 3.63) is 46.8 Å². The molecule has 0 spiro atoms. The van der Waals surface area contributed by atoms with E-state index in [0.717, 1.165) is 5.69 Å². The number of amides is 1. The van der Waals surface area contributed by atoms with Gasteiger partial charge in [-0.3, -0.25) is 10.2 Å². The van der Waals surface area contributed by atoms with Gasteiger partial charge < -0.3 is 9.30 Å². The number of ether oxygens (including phenoxy) is 1. The lowest BCUT2D eigenvalue weighted by atomic mass is 10.0. The molecular weight excluding hydrogens is 411 g/mol. The van der Waals surface area contributed by atoms with E-state index in [4.69, 9.17) is 16.3 Å². The number of sulfonamides is 1. The minimum atomic E-state index is -3.77. The van der Waals surface area contributed by atoms with Crippen molar-refractivity contribution in [1.82, 2.24) is 19.8 Å². The standard InChI is InChI=1S/C17H20ClFN4O4S/c1-11-8-23(10-20-11)13-6-14(16(19)15(18)7-13)17(24)21-22-28(25,26)9-12-2-4-27-5-3-12/h6-8,10,12,22H,2-5,9H2,1H3,(H,21,24). The van der Waals surface area contributed by atoms with E-state index in [0.29, 0.717) is 31.7 Å². The maximum Gasteiger partial charge on any atom is 0.269 e. The molecule has 0 bridgehead atoms. The summed E-state index contributed by atoms with van der Waals surface area (Å²) in [5, 5.41) is -0.265. The summed E-state index contributed by atoms with van der Waals surface area (Å²) >= 11 is 5.90. The molecule has 8 nitrogen and oxygen atoms in total. The molecule has 1 fully saturated rings. The zero-order chi connectivity index (χ0) is 20.3. The first-order chi connectivity index (χ1) is 13.2. The average Bonchev–Trinajstić information content (AvgIpc) is 3.09. The molecule has 0 radical (unpaired) electrons. The Hall–Kier alpha value is -2.01. The zero-order valence-electron chi connectivity index (χ0n) is 15.1. The van der Waals surface area contributed by atoms with Crippen LogP contribution in [0.4, 0.5) is 4.39 Å². The Bertz CT molecular complexity index is 974. The van der Waals surface area contributed by atoms with Gasteiger partial charge in [0.1, 0.15) is 0 Å². The molecule has 0 saturated carbocycles. The minimum Gasteiger partial charge on any atom is -0.381 e. The Kier molecular flexibility index (Phi) is 6.33. The van der Waals surface area contributed by atoms with E-state index >= 15 is 0 Å². The van der Waals surface area contributed by atoms with E-state index in [1.165, 1.54) is 18.5 Å². The van der Waals surface area contributed by atoms with Crippen LogP contribution in [-0.4, -0.2) is 42.8 Å². The van der Waals surface area contributed by atoms with Gasteiger partial charge in [0.15, 0.2) is 5.82 Å². The van der Waals surface area contributed by atoms with E-state index in [1.807, 2.05) is 10.3 Å². The van der Waals surface area contributed by atoms with Crippen molar-refractivity contribution in [2.75, 3.05) is 19.0 Å². The first kappa shape index (κ1) is 20.7. The summed E-state index contributed by atoms with van der Waals surface area (Å²) in [4.78, 5) is 18.5. The Morgan fingerprint density at radius 2 is 2.11 bits per heavy atom. The second kappa shape index (κ2) is 8.56. The van der Waals surface area contributed by atoms with E-state index in [-0.39, 0.29) is 22.3 Å². The number of carbonyl (C=O) groups excluding carboxylic acids is 1. The van der Waals surface area contributed by atoms with Gasteiger partial charge in [-0.05, 0) is 37.8 Å². The van der Waals surface area contributed by atoms with Crippen LogP contribution >= 0.6 is 11.6 Å². The van der Waals surface area contributed by atoms with Gasteiger partial charge in [-0.15, -0.1) is 4.83 Å². The fourth-order valence-electron chi connectivity index (χ4n) is 2.91. The van der Waals surface area contributed by atoms with Crippen LogP contribution in [0.15, 0.2) is 24.7 Å². The van der Waals surface area contributed by atoms with Crippen molar-refractivity contribution >= 4 is 27.5 Å². The topological polar surface area (TPSA) is 102 Å². The summed E-state index contributed by atoms with van der Waals surface area (Å²) in [6.45, 7) is 2.80. The van der Waals surface area contributed by atoms with Crippen molar-refractivity contribution < 1.29 is 22.3 Å². The fourth-order valence-corrected chi connectivity index (χ4v) is 4.41. The van der Waals surface area contributed by atoms with Crippen LogP contribution in [0.25, 0.3) is 5.69 Å². The number of nitrogens with one attached hydrogen (secondary N) is 2. The van der Waals surface area contributed by atoms with Crippen LogP contribution in [0, 0.1) is 18.7 Å². The van der Waals surface area contributed by atoms with Gasteiger partial charge in [0.05, 0.1) is 28.4 Å². The maximum absolute atomic E-state index is 14.3. The number of hydrogen-bond donors (Lipinski definition) is 2. The molecule has 1 aromatic carbocycles. The molecule has 2 N–H and O–H groups in total. The van der Waals surface area contributed by atoms with E-state index < -0.39 is 21.7 Å². The zero-order valence-corrected chi connectivity index (χ0v) is 16.7. The highest BCUT2D eigenvalue weighted by molar-refractivity contribution is 7.89. The highest BCUT2D eigenvalue weighted by Gasteiger charge is 2.23. The number of aromatic nitrogens is 2. The third-order valence-corrected chi connectivity index (χ3v) is 5.98. The number of aryl methyl sites for hydroxylation is 1. The van der Waals surface area contributed by atoms with E-state index in [1.54, 1.807) is 17.7 Å². The van der Waals surface area contributed by atoms with Crippen LogP contribution in [0.2, 0.25) is 5.02 Å². The predicted molar refractivity (Wildman–Crippen MR) is 101 cm³/mol. The normalized spacial score (nSPS) is 15.5. The molecule has 11 heteroatoms. The Labute approximate surface area is 167 Å². The van der Waals surface area contributed by atoms with Crippen LogP contribution < -0.4 is 10.3 Å². The lowest BCUT2D eigenvalue weighted by molar-refractivity contribution is 0.0722. The number of rotatable bonds is 6. The van der Waals surface area contributed by atoms with Crippen LogP contribution in [-0.2, 0) is 14.8 Å². The average molecular weight is 431 g/mol. The summed E-state index contributed by atoms with van der Waals surface area (Å²) in [5.41, 5.74) is 2.81. The molecule has 152 valence electrons. The summed E-state index contributed by atoms with van der Waals surface area (Å²) in [6, 6.07) is 2.62. The number of hydrazine groups is 1. The monoisotopic (exact) mass is 430 g/mol. The second-order valence-electron chi connectivity index (χ2n) is 6.60. The van der Waals surface area contributed by atoms with Crippen molar-refractivity contribution in [1.29, 1.82) is 0 Å². The molecule has 0 atom stereocenters. The summed E-state index contributed by atoms with van der Waals surface area (Å²) in [6.07, 6.45) is 4.44. The lowest BCUT2D eigenvalue weighted by Gasteiger charge is -2.21. The molecule has 0 unspecified atom stereocenters. The third-order valence-electron chi connectivity index (χ3n) is 4.38. The Balaban J connectivity index is 1.72. The van der Waals surface area contributed by atoms with Gasteiger partial charge >= 0.3 is 0 Å². The summed E-state index contributed by atoms with van der Waals surface area (Å²) in [7, 11) is -3.77. The molecule has 2 heterocycles. The maximum atomic E-state index is 14.3. The van der Waals surface area contributed by atoms with Crippen LogP contribution in [0.1, 0.15) is 28.9 Å². The number of carbonyl (C=O) groups is 1. The molecule has 2 aromatic rings. The largest absolute Gasteiger partial charge is 0.381 e. The number of nitrogens with zero attached hydrogens (tertiary/aromatic N) is 2. The SMILES string of the molecule is Cc1cn(-c2cc(Cl)c(F)c(C(=O)NNS(=O)(=O)CC3CCOCC3)c2)cn1. The van der Waals surface area contributed by atoms with Gasteiger partial charge in [0, 0.05) is 25.1 Å². The van der Waals surface area contributed by atoms with E-state index in [9.17, 15) is 17.6 Å². The summed E-state index contributed by atoms with van der Waals surface area (Å²) < 4.78 is 45.5. The first-order valence-electron chi connectivity index (χ1n) is 8.63. The summed E-state index contributed by atoms with van der Waals surface area (Å²) in [5.74, 6) is -2.09. The van der Waals surface area contributed by atoms with Crippen molar-refractivity contribution in [3.63, 3.8) is 0 Å². The highest BCUT2D eigenvalue weighted by Crippen LogP contribution is 2.23. The predicted octanol–water partition coefficient (Wildman–Crippen LogP) is 1.96. The van der Waals surface area contributed by atoms with Gasteiger partial charge in [-0.2, -0.15) is 0 Å². The molecular formula is C17H20ClFN4O4S.